The molecule has 9 heteroatoms. The molecular weight excluding hydrogens is 310 g/mol. The summed E-state index contributed by atoms with van der Waals surface area (Å²) >= 11 is 0. The second kappa shape index (κ2) is 6.41. The maximum Gasteiger partial charge on any atom is 0.287 e. The third-order valence-corrected chi connectivity index (χ3v) is 3.55. The molecule has 0 radical (unpaired) electrons. The Hall–Kier alpha value is -2.65. The lowest BCUT2D eigenvalue weighted by atomic mass is 10.3. The Morgan fingerprint density at radius 1 is 1.14 bits per heavy atom. The third kappa shape index (κ3) is 4.17. The minimum Gasteiger partial charge on any atom is -0.459 e. The van der Waals surface area contributed by atoms with Crippen molar-refractivity contribution in [3.8, 4) is 0 Å². The lowest BCUT2D eigenvalue weighted by molar-refractivity contribution is -0.115. The van der Waals surface area contributed by atoms with Gasteiger partial charge in [0, 0.05) is 5.69 Å². The summed E-state index contributed by atoms with van der Waals surface area (Å²) in [6.07, 6.45) is 1.35. The van der Waals surface area contributed by atoms with E-state index in [2.05, 4.69) is 10.6 Å². The smallest absolute Gasteiger partial charge is 0.287 e. The van der Waals surface area contributed by atoms with Gasteiger partial charge in [-0.15, -0.1) is 0 Å². The molecule has 0 fully saturated rings. The van der Waals surface area contributed by atoms with Gasteiger partial charge in [0.25, 0.3) is 5.91 Å². The van der Waals surface area contributed by atoms with Crippen molar-refractivity contribution in [3.05, 3.63) is 48.4 Å². The van der Waals surface area contributed by atoms with Crippen LogP contribution in [-0.2, 0) is 14.8 Å². The lowest BCUT2D eigenvalue weighted by Gasteiger charge is -2.06. The zero-order chi connectivity index (χ0) is 16.2. The fraction of sp³-hybridized carbons (Fsp3) is 0.0769. The van der Waals surface area contributed by atoms with Crippen molar-refractivity contribution in [2.75, 3.05) is 11.9 Å². The molecular formula is C13H13N3O5S. The monoisotopic (exact) mass is 323 g/mol. The molecule has 4 N–H and O–H groups in total. The van der Waals surface area contributed by atoms with Crippen LogP contribution in [0.4, 0.5) is 5.69 Å². The first-order chi connectivity index (χ1) is 10.4. The lowest BCUT2D eigenvalue weighted by Crippen LogP contribution is -2.32. The van der Waals surface area contributed by atoms with Crippen molar-refractivity contribution in [3.63, 3.8) is 0 Å². The highest BCUT2D eigenvalue weighted by molar-refractivity contribution is 7.89. The first-order valence-corrected chi connectivity index (χ1v) is 7.65. The summed E-state index contributed by atoms with van der Waals surface area (Å²) in [5.74, 6) is -0.877. The van der Waals surface area contributed by atoms with Crippen molar-refractivity contribution >= 4 is 27.5 Å². The first-order valence-electron chi connectivity index (χ1n) is 6.11. The van der Waals surface area contributed by atoms with Gasteiger partial charge in [-0.05, 0) is 36.4 Å². The molecule has 0 bridgehead atoms. The number of nitrogens with one attached hydrogen (secondary N) is 2. The zero-order valence-corrected chi connectivity index (χ0v) is 12.1. The second-order valence-corrected chi connectivity index (χ2v) is 5.84. The van der Waals surface area contributed by atoms with E-state index in [9.17, 15) is 18.0 Å². The number of hydrogen-bond acceptors (Lipinski definition) is 5. The van der Waals surface area contributed by atoms with Gasteiger partial charge < -0.3 is 15.1 Å². The Balaban J connectivity index is 1.88. The van der Waals surface area contributed by atoms with E-state index in [1.165, 1.54) is 36.6 Å². The van der Waals surface area contributed by atoms with Crippen LogP contribution >= 0.6 is 0 Å². The van der Waals surface area contributed by atoms with E-state index < -0.39 is 21.8 Å². The van der Waals surface area contributed by atoms with E-state index in [-0.39, 0.29) is 17.2 Å². The van der Waals surface area contributed by atoms with Gasteiger partial charge in [0.15, 0.2) is 5.76 Å². The van der Waals surface area contributed by atoms with Crippen LogP contribution < -0.4 is 15.8 Å². The quantitative estimate of drug-likeness (QED) is 0.728. The van der Waals surface area contributed by atoms with Gasteiger partial charge in [0.2, 0.25) is 15.9 Å². The predicted molar refractivity (Wildman–Crippen MR) is 77.5 cm³/mol. The van der Waals surface area contributed by atoms with Crippen molar-refractivity contribution in [2.24, 2.45) is 5.14 Å². The maximum atomic E-state index is 11.7. The third-order valence-electron chi connectivity index (χ3n) is 2.62. The highest BCUT2D eigenvalue weighted by Gasteiger charge is 2.11. The summed E-state index contributed by atoms with van der Waals surface area (Å²) in [6, 6.07) is 8.36. The summed E-state index contributed by atoms with van der Waals surface area (Å²) < 4.78 is 27.1. The molecule has 0 aliphatic heterocycles. The predicted octanol–water partition coefficient (Wildman–Crippen LogP) is 0.296. The molecule has 1 aromatic heterocycles. The van der Waals surface area contributed by atoms with Crippen LogP contribution in [0.3, 0.4) is 0 Å². The molecule has 0 aliphatic rings. The molecule has 2 aromatic rings. The number of anilines is 1. The normalized spacial score (nSPS) is 11.0. The number of sulfonamides is 1. The number of hydrogen-bond donors (Lipinski definition) is 3. The first kappa shape index (κ1) is 15.7. The van der Waals surface area contributed by atoms with Crippen LogP contribution in [0.1, 0.15) is 10.6 Å². The minimum absolute atomic E-state index is 0.0587. The molecule has 2 amide bonds. The molecule has 0 aliphatic carbocycles. The minimum atomic E-state index is -3.77. The number of amides is 2. The number of primary sulfonamides is 1. The van der Waals surface area contributed by atoms with Gasteiger partial charge in [-0.3, -0.25) is 9.59 Å². The van der Waals surface area contributed by atoms with E-state index in [4.69, 9.17) is 9.56 Å². The van der Waals surface area contributed by atoms with Crippen LogP contribution in [0.2, 0.25) is 0 Å². The number of carbonyl (C=O) groups is 2. The molecule has 0 unspecified atom stereocenters. The van der Waals surface area contributed by atoms with E-state index >= 15 is 0 Å². The van der Waals surface area contributed by atoms with Crippen LogP contribution in [0.5, 0.6) is 0 Å². The van der Waals surface area contributed by atoms with Crippen LogP contribution in [0, 0.1) is 0 Å². The number of nitrogens with two attached hydrogens (primary N) is 1. The SMILES string of the molecule is NS(=O)(=O)c1ccc(NC(=O)CNC(=O)c2ccco2)cc1. The van der Waals surface area contributed by atoms with Crippen molar-refractivity contribution in [2.45, 2.75) is 4.90 Å². The van der Waals surface area contributed by atoms with Gasteiger partial charge in [-0.1, -0.05) is 0 Å². The molecule has 22 heavy (non-hydrogen) atoms. The number of rotatable bonds is 5. The fourth-order valence-corrected chi connectivity index (χ4v) is 2.10. The highest BCUT2D eigenvalue weighted by atomic mass is 32.2. The molecule has 0 saturated carbocycles. The molecule has 0 saturated heterocycles. The summed E-state index contributed by atoms with van der Waals surface area (Å²) in [7, 11) is -3.77. The summed E-state index contributed by atoms with van der Waals surface area (Å²) in [4.78, 5) is 23.2. The Labute approximate surface area is 126 Å². The molecule has 2 rings (SSSR count). The molecule has 8 nitrogen and oxygen atoms in total. The van der Waals surface area contributed by atoms with Gasteiger partial charge in [-0.2, -0.15) is 0 Å². The fourth-order valence-electron chi connectivity index (χ4n) is 1.59. The van der Waals surface area contributed by atoms with Gasteiger partial charge in [0.1, 0.15) is 0 Å². The number of furan rings is 1. The summed E-state index contributed by atoms with van der Waals surface area (Å²) in [5, 5.41) is 9.85. The maximum absolute atomic E-state index is 11.7. The van der Waals surface area contributed by atoms with Crippen molar-refractivity contribution in [1.82, 2.24) is 5.32 Å². The van der Waals surface area contributed by atoms with Crippen molar-refractivity contribution < 1.29 is 22.4 Å². The largest absolute Gasteiger partial charge is 0.459 e. The molecule has 1 heterocycles. The number of benzene rings is 1. The Morgan fingerprint density at radius 3 is 2.36 bits per heavy atom. The van der Waals surface area contributed by atoms with Gasteiger partial charge in [-0.25, -0.2) is 13.6 Å². The summed E-state index contributed by atoms with van der Waals surface area (Å²) in [6.45, 7) is -0.253. The average Bonchev–Trinajstić information content (AvgIpc) is 2.98. The Morgan fingerprint density at radius 2 is 1.82 bits per heavy atom. The molecule has 0 atom stereocenters. The van der Waals surface area contributed by atoms with E-state index in [0.29, 0.717) is 5.69 Å². The van der Waals surface area contributed by atoms with Crippen LogP contribution in [0.25, 0.3) is 0 Å². The standard InChI is InChI=1S/C13H13N3O5S/c14-22(19,20)10-5-3-9(4-6-10)16-12(17)8-15-13(18)11-2-1-7-21-11/h1-7H,8H2,(H,15,18)(H,16,17)(H2,14,19,20). The molecule has 0 spiro atoms. The second-order valence-electron chi connectivity index (χ2n) is 4.28. The van der Waals surface area contributed by atoms with Crippen LogP contribution in [0.15, 0.2) is 52.0 Å². The van der Waals surface area contributed by atoms with Gasteiger partial charge in [0.05, 0.1) is 17.7 Å². The highest BCUT2D eigenvalue weighted by Crippen LogP contribution is 2.12. The van der Waals surface area contributed by atoms with Crippen molar-refractivity contribution in [1.29, 1.82) is 0 Å². The topological polar surface area (TPSA) is 132 Å². The molecule has 1 aromatic carbocycles. The van der Waals surface area contributed by atoms with Crippen LogP contribution in [-0.4, -0.2) is 26.8 Å². The number of carbonyl (C=O) groups excluding carboxylic acids is 2. The van der Waals surface area contributed by atoms with E-state index in [0.717, 1.165) is 0 Å². The zero-order valence-electron chi connectivity index (χ0n) is 11.3. The van der Waals surface area contributed by atoms with Gasteiger partial charge >= 0.3 is 0 Å². The van der Waals surface area contributed by atoms with E-state index in [1.807, 2.05) is 0 Å². The average molecular weight is 323 g/mol. The van der Waals surface area contributed by atoms with E-state index in [1.54, 1.807) is 6.07 Å². The summed E-state index contributed by atoms with van der Waals surface area (Å²) in [5.41, 5.74) is 0.379. The Bertz CT molecular complexity index is 767. The molecule has 116 valence electrons. The Kier molecular flexibility index (Phi) is 4.59.